The van der Waals surface area contributed by atoms with Crippen molar-refractivity contribution in [2.75, 3.05) is 11.9 Å². The van der Waals surface area contributed by atoms with E-state index in [1.54, 1.807) is 0 Å². The zero-order valence-corrected chi connectivity index (χ0v) is 9.58. The van der Waals surface area contributed by atoms with E-state index in [9.17, 15) is 0 Å². The minimum atomic E-state index is 0.475. The van der Waals surface area contributed by atoms with Crippen molar-refractivity contribution in [3.63, 3.8) is 0 Å². The Morgan fingerprint density at radius 2 is 2.12 bits per heavy atom. The molecule has 1 spiro atoms. The summed E-state index contributed by atoms with van der Waals surface area (Å²) in [6.07, 6.45) is 10.3. The van der Waals surface area contributed by atoms with Gasteiger partial charge >= 0.3 is 0 Å². The number of hydrogen-bond donors (Lipinski definition) is 2. The van der Waals surface area contributed by atoms with Crippen LogP contribution in [0.1, 0.15) is 32.1 Å². The molecule has 1 aliphatic carbocycles. The van der Waals surface area contributed by atoms with Crippen molar-refractivity contribution in [2.24, 2.45) is 0 Å². The fraction of sp³-hybridized carbons (Fsp3) is 0.615. The number of rotatable bonds is 2. The summed E-state index contributed by atoms with van der Waals surface area (Å²) in [5, 5.41) is 7.32. The molecule has 1 unspecified atom stereocenters. The highest BCUT2D eigenvalue weighted by Crippen LogP contribution is 2.38. The molecule has 2 heterocycles. The Balaban J connectivity index is 1.63. The lowest BCUT2D eigenvalue weighted by Crippen LogP contribution is -2.58. The minimum Gasteiger partial charge on any atom is -0.382 e. The van der Waals surface area contributed by atoms with Crippen LogP contribution in [0, 0.1) is 0 Å². The van der Waals surface area contributed by atoms with Crippen molar-refractivity contribution in [3.05, 3.63) is 24.5 Å². The maximum atomic E-state index is 4.04. The third kappa shape index (κ3) is 1.92. The van der Waals surface area contributed by atoms with Crippen molar-refractivity contribution in [1.29, 1.82) is 0 Å². The van der Waals surface area contributed by atoms with Crippen LogP contribution >= 0.6 is 0 Å². The average molecular weight is 217 g/mol. The van der Waals surface area contributed by atoms with E-state index in [1.165, 1.54) is 37.8 Å². The molecule has 3 heteroatoms. The Labute approximate surface area is 96.7 Å². The van der Waals surface area contributed by atoms with E-state index in [2.05, 4.69) is 27.8 Å². The van der Waals surface area contributed by atoms with Gasteiger partial charge in [-0.3, -0.25) is 4.98 Å². The second-order valence-electron chi connectivity index (χ2n) is 5.13. The second kappa shape index (κ2) is 4.06. The van der Waals surface area contributed by atoms with Crippen LogP contribution in [0.4, 0.5) is 5.69 Å². The van der Waals surface area contributed by atoms with E-state index in [0.717, 1.165) is 6.54 Å². The van der Waals surface area contributed by atoms with Gasteiger partial charge in [0.2, 0.25) is 0 Å². The summed E-state index contributed by atoms with van der Waals surface area (Å²) in [6.45, 7) is 1.16. The third-order valence-corrected chi connectivity index (χ3v) is 3.99. The van der Waals surface area contributed by atoms with Crippen LogP contribution < -0.4 is 10.6 Å². The highest BCUT2D eigenvalue weighted by Gasteiger charge is 2.40. The van der Waals surface area contributed by atoms with E-state index >= 15 is 0 Å². The lowest BCUT2D eigenvalue weighted by Gasteiger charge is -2.48. The molecule has 1 aromatic rings. The molecule has 0 radical (unpaired) electrons. The van der Waals surface area contributed by atoms with Gasteiger partial charge in [-0.25, -0.2) is 0 Å². The molecule has 1 aromatic heterocycles. The highest BCUT2D eigenvalue weighted by atomic mass is 15.0. The molecule has 3 nitrogen and oxygen atoms in total. The minimum absolute atomic E-state index is 0.475. The van der Waals surface area contributed by atoms with E-state index in [0.29, 0.717) is 11.6 Å². The molecule has 1 saturated heterocycles. The molecule has 16 heavy (non-hydrogen) atoms. The predicted octanol–water partition coefficient (Wildman–Crippen LogP) is 2.17. The van der Waals surface area contributed by atoms with E-state index < -0.39 is 0 Å². The molecule has 1 saturated carbocycles. The summed E-state index contributed by atoms with van der Waals surface area (Å²) in [5.41, 5.74) is 1.68. The summed E-state index contributed by atoms with van der Waals surface area (Å²) in [5.74, 6) is 0. The molecule has 0 amide bonds. The van der Waals surface area contributed by atoms with Crippen molar-refractivity contribution in [3.8, 4) is 0 Å². The topological polar surface area (TPSA) is 37.0 Å². The summed E-state index contributed by atoms with van der Waals surface area (Å²) >= 11 is 0. The van der Waals surface area contributed by atoms with Crippen LogP contribution in [0.2, 0.25) is 0 Å². The van der Waals surface area contributed by atoms with Gasteiger partial charge in [0.25, 0.3) is 0 Å². The quantitative estimate of drug-likeness (QED) is 0.797. The third-order valence-electron chi connectivity index (χ3n) is 3.99. The predicted molar refractivity (Wildman–Crippen MR) is 65.5 cm³/mol. The van der Waals surface area contributed by atoms with Crippen LogP contribution in [0.3, 0.4) is 0 Å². The monoisotopic (exact) mass is 217 g/mol. The van der Waals surface area contributed by atoms with Crippen LogP contribution in [0.5, 0.6) is 0 Å². The van der Waals surface area contributed by atoms with Gasteiger partial charge in [0.1, 0.15) is 0 Å². The fourth-order valence-corrected chi connectivity index (χ4v) is 2.95. The maximum Gasteiger partial charge on any atom is 0.0373 e. The Morgan fingerprint density at radius 3 is 2.81 bits per heavy atom. The summed E-state index contributed by atoms with van der Waals surface area (Å²) in [6, 6.07) is 4.73. The maximum absolute atomic E-state index is 4.04. The largest absolute Gasteiger partial charge is 0.382 e. The number of piperidine rings is 1. The molecule has 0 aromatic carbocycles. The lowest BCUT2D eigenvalue weighted by molar-refractivity contribution is 0.135. The Morgan fingerprint density at radius 1 is 1.31 bits per heavy atom. The first-order valence-electron chi connectivity index (χ1n) is 6.28. The van der Waals surface area contributed by atoms with Crippen molar-refractivity contribution < 1.29 is 0 Å². The van der Waals surface area contributed by atoms with E-state index in [-0.39, 0.29) is 0 Å². The van der Waals surface area contributed by atoms with Crippen LogP contribution in [0.25, 0.3) is 0 Å². The molecule has 2 aliphatic rings. The number of nitrogens with zero attached hydrogens (tertiary/aromatic N) is 1. The Hall–Kier alpha value is -1.09. The SMILES string of the molecule is c1cc(NC2CCNC3(CCC3)C2)ccn1. The second-order valence-corrected chi connectivity index (χ2v) is 5.13. The highest BCUT2D eigenvalue weighted by molar-refractivity contribution is 5.42. The van der Waals surface area contributed by atoms with E-state index in [1.807, 2.05) is 12.4 Å². The average Bonchev–Trinajstić information content (AvgIpc) is 2.29. The first kappa shape index (κ1) is 10.1. The molecule has 1 aliphatic heterocycles. The van der Waals surface area contributed by atoms with Crippen LogP contribution in [-0.4, -0.2) is 23.1 Å². The Kier molecular flexibility index (Phi) is 2.56. The number of nitrogens with one attached hydrogen (secondary N) is 2. The summed E-state index contributed by atoms with van der Waals surface area (Å²) in [4.78, 5) is 4.04. The lowest BCUT2D eigenvalue weighted by atomic mass is 9.70. The van der Waals surface area contributed by atoms with Gasteiger partial charge in [0.15, 0.2) is 0 Å². The van der Waals surface area contributed by atoms with E-state index in [4.69, 9.17) is 0 Å². The van der Waals surface area contributed by atoms with Gasteiger partial charge in [0.05, 0.1) is 0 Å². The molecular formula is C13H19N3. The molecule has 3 rings (SSSR count). The molecule has 86 valence electrons. The first-order valence-corrected chi connectivity index (χ1v) is 6.28. The molecule has 0 bridgehead atoms. The number of pyridine rings is 1. The molecule has 2 fully saturated rings. The zero-order valence-electron chi connectivity index (χ0n) is 9.58. The van der Waals surface area contributed by atoms with Gasteiger partial charge in [-0.2, -0.15) is 0 Å². The smallest absolute Gasteiger partial charge is 0.0373 e. The number of anilines is 1. The van der Waals surface area contributed by atoms with Crippen LogP contribution in [0.15, 0.2) is 24.5 Å². The van der Waals surface area contributed by atoms with Gasteiger partial charge in [-0.15, -0.1) is 0 Å². The van der Waals surface area contributed by atoms with Gasteiger partial charge in [0, 0.05) is 29.7 Å². The fourth-order valence-electron chi connectivity index (χ4n) is 2.95. The standard InChI is InChI=1S/C13H19N3/c1-5-13(6-1)10-12(4-9-15-13)16-11-2-7-14-8-3-11/h2-3,7-8,12,15H,1,4-6,9-10H2,(H,14,16). The normalized spacial score (nSPS) is 27.4. The molecular weight excluding hydrogens is 198 g/mol. The zero-order chi connectivity index (χ0) is 10.8. The van der Waals surface area contributed by atoms with Gasteiger partial charge < -0.3 is 10.6 Å². The van der Waals surface area contributed by atoms with Gasteiger partial charge in [-0.1, -0.05) is 0 Å². The van der Waals surface area contributed by atoms with Gasteiger partial charge in [-0.05, 0) is 50.8 Å². The summed E-state index contributed by atoms with van der Waals surface area (Å²) < 4.78 is 0. The first-order chi connectivity index (χ1) is 7.86. The van der Waals surface area contributed by atoms with Crippen molar-refractivity contribution in [1.82, 2.24) is 10.3 Å². The Bertz CT molecular complexity index is 345. The van der Waals surface area contributed by atoms with Crippen molar-refractivity contribution in [2.45, 2.75) is 43.7 Å². The van der Waals surface area contributed by atoms with Crippen LogP contribution in [-0.2, 0) is 0 Å². The summed E-state index contributed by atoms with van der Waals surface area (Å²) in [7, 11) is 0. The number of aromatic nitrogens is 1. The number of hydrogen-bond acceptors (Lipinski definition) is 3. The molecule has 2 N–H and O–H groups in total. The molecule has 1 atom stereocenters. The van der Waals surface area contributed by atoms with Crippen molar-refractivity contribution >= 4 is 5.69 Å².